The molecular formula is C14H21NO2. The standard InChI is InChI=1S/C14H21NO2/c1-9(15)7-10-8-13(16-2)11-5-4-6-12(11)14(10)17-3/h8-9H,4-7,15H2,1-3H3/t9-/m1/s1. The highest BCUT2D eigenvalue weighted by molar-refractivity contribution is 5.56. The van der Waals surface area contributed by atoms with Gasteiger partial charge in [-0.3, -0.25) is 0 Å². The summed E-state index contributed by atoms with van der Waals surface area (Å²) in [6.45, 7) is 2.01. The highest BCUT2D eigenvalue weighted by Gasteiger charge is 2.23. The predicted molar refractivity (Wildman–Crippen MR) is 68.9 cm³/mol. The van der Waals surface area contributed by atoms with Gasteiger partial charge in [0.25, 0.3) is 0 Å². The molecule has 2 rings (SSSR count). The topological polar surface area (TPSA) is 44.5 Å². The van der Waals surface area contributed by atoms with E-state index in [-0.39, 0.29) is 6.04 Å². The Balaban J connectivity index is 2.51. The van der Waals surface area contributed by atoms with E-state index in [1.165, 1.54) is 23.1 Å². The van der Waals surface area contributed by atoms with Gasteiger partial charge >= 0.3 is 0 Å². The molecule has 0 saturated heterocycles. The van der Waals surface area contributed by atoms with Crippen LogP contribution >= 0.6 is 0 Å². The first-order valence-electron chi connectivity index (χ1n) is 6.18. The van der Waals surface area contributed by atoms with Gasteiger partial charge in [0.05, 0.1) is 14.2 Å². The van der Waals surface area contributed by atoms with Crippen molar-refractivity contribution in [3.05, 3.63) is 22.8 Å². The van der Waals surface area contributed by atoms with Gasteiger partial charge in [-0.1, -0.05) is 0 Å². The predicted octanol–water partition coefficient (Wildman–Crippen LogP) is 2.08. The maximum absolute atomic E-state index is 5.89. The zero-order valence-electron chi connectivity index (χ0n) is 10.9. The first-order chi connectivity index (χ1) is 8.17. The van der Waals surface area contributed by atoms with Gasteiger partial charge in [0.2, 0.25) is 0 Å². The van der Waals surface area contributed by atoms with Crippen molar-refractivity contribution in [3.63, 3.8) is 0 Å². The fraction of sp³-hybridized carbons (Fsp3) is 0.571. The molecule has 1 atom stereocenters. The van der Waals surface area contributed by atoms with Crippen LogP contribution in [-0.2, 0) is 19.3 Å². The second-order valence-electron chi connectivity index (χ2n) is 4.76. The van der Waals surface area contributed by atoms with E-state index < -0.39 is 0 Å². The third kappa shape index (κ3) is 2.25. The van der Waals surface area contributed by atoms with Crippen LogP contribution < -0.4 is 15.2 Å². The summed E-state index contributed by atoms with van der Waals surface area (Å²) in [6, 6.07) is 2.22. The van der Waals surface area contributed by atoms with Gasteiger partial charge in [0.15, 0.2) is 0 Å². The Morgan fingerprint density at radius 2 is 1.94 bits per heavy atom. The lowest BCUT2D eigenvalue weighted by atomic mass is 9.99. The first-order valence-corrected chi connectivity index (χ1v) is 6.18. The third-order valence-corrected chi connectivity index (χ3v) is 3.35. The Labute approximate surface area is 103 Å². The van der Waals surface area contributed by atoms with Crippen molar-refractivity contribution in [2.75, 3.05) is 14.2 Å². The number of benzene rings is 1. The summed E-state index contributed by atoms with van der Waals surface area (Å²) >= 11 is 0. The monoisotopic (exact) mass is 235 g/mol. The molecule has 0 saturated carbocycles. The van der Waals surface area contributed by atoms with Crippen LogP contribution in [-0.4, -0.2) is 20.3 Å². The van der Waals surface area contributed by atoms with Crippen molar-refractivity contribution in [3.8, 4) is 11.5 Å². The van der Waals surface area contributed by atoms with E-state index in [1.807, 2.05) is 6.92 Å². The number of rotatable bonds is 4. The lowest BCUT2D eigenvalue weighted by molar-refractivity contribution is 0.392. The number of nitrogens with two attached hydrogens (primary N) is 1. The molecule has 0 radical (unpaired) electrons. The van der Waals surface area contributed by atoms with E-state index in [0.717, 1.165) is 30.8 Å². The molecule has 0 amide bonds. The first kappa shape index (κ1) is 12.2. The number of hydrogen-bond donors (Lipinski definition) is 1. The minimum absolute atomic E-state index is 0.132. The average molecular weight is 235 g/mol. The average Bonchev–Trinajstić information content (AvgIpc) is 2.76. The fourth-order valence-electron chi connectivity index (χ4n) is 2.71. The molecule has 2 N–H and O–H groups in total. The maximum Gasteiger partial charge on any atom is 0.125 e. The highest BCUT2D eigenvalue weighted by atomic mass is 16.5. The summed E-state index contributed by atoms with van der Waals surface area (Å²) in [5, 5.41) is 0. The molecule has 0 unspecified atom stereocenters. The summed E-state index contributed by atoms with van der Waals surface area (Å²) in [4.78, 5) is 0. The molecule has 0 aliphatic heterocycles. The van der Waals surface area contributed by atoms with Crippen LogP contribution in [0.15, 0.2) is 6.07 Å². The van der Waals surface area contributed by atoms with E-state index in [1.54, 1.807) is 14.2 Å². The normalized spacial score (nSPS) is 15.5. The molecule has 94 valence electrons. The van der Waals surface area contributed by atoms with Crippen molar-refractivity contribution in [2.45, 2.75) is 38.6 Å². The molecule has 0 heterocycles. The Kier molecular flexibility index (Phi) is 3.57. The van der Waals surface area contributed by atoms with Gasteiger partial charge in [-0.05, 0) is 44.2 Å². The summed E-state index contributed by atoms with van der Waals surface area (Å²) in [5.41, 5.74) is 9.69. The Bertz CT molecular complexity index is 413. The Hall–Kier alpha value is -1.22. The number of ether oxygens (including phenoxy) is 2. The zero-order chi connectivity index (χ0) is 12.4. The smallest absolute Gasteiger partial charge is 0.125 e. The quantitative estimate of drug-likeness (QED) is 0.869. The molecule has 1 aliphatic carbocycles. The largest absolute Gasteiger partial charge is 0.496 e. The SMILES string of the molecule is COc1cc(C[C@@H](C)N)c(OC)c2c1CCC2. The van der Waals surface area contributed by atoms with Crippen molar-refractivity contribution in [2.24, 2.45) is 5.73 Å². The van der Waals surface area contributed by atoms with E-state index in [2.05, 4.69) is 6.07 Å². The van der Waals surface area contributed by atoms with Crippen LogP contribution in [0, 0.1) is 0 Å². The lowest BCUT2D eigenvalue weighted by Gasteiger charge is -2.17. The molecule has 0 spiro atoms. The molecule has 3 nitrogen and oxygen atoms in total. The molecule has 0 bridgehead atoms. The molecule has 0 fully saturated rings. The van der Waals surface area contributed by atoms with Gasteiger partial charge in [-0.15, -0.1) is 0 Å². The number of methoxy groups -OCH3 is 2. The van der Waals surface area contributed by atoms with Gasteiger partial charge in [0, 0.05) is 17.2 Å². The van der Waals surface area contributed by atoms with Crippen molar-refractivity contribution < 1.29 is 9.47 Å². The van der Waals surface area contributed by atoms with Crippen LogP contribution in [0.3, 0.4) is 0 Å². The molecule has 0 aromatic heterocycles. The van der Waals surface area contributed by atoms with Crippen LogP contribution in [0.2, 0.25) is 0 Å². The maximum atomic E-state index is 5.89. The van der Waals surface area contributed by atoms with E-state index >= 15 is 0 Å². The summed E-state index contributed by atoms with van der Waals surface area (Å²) < 4.78 is 11.1. The van der Waals surface area contributed by atoms with Crippen LogP contribution in [0.25, 0.3) is 0 Å². The number of hydrogen-bond acceptors (Lipinski definition) is 3. The minimum atomic E-state index is 0.132. The van der Waals surface area contributed by atoms with Crippen molar-refractivity contribution in [1.82, 2.24) is 0 Å². The highest BCUT2D eigenvalue weighted by Crippen LogP contribution is 2.40. The van der Waals surface area contributed by atoms with E-state index in [0.29, 0.717) is 0 Å². The van der Waals surface area contributed by atoms with Crippen LogP contribution in [0.5, 0.6) is 11.5 Å². The molecule has 1 aromatic rings. The second kappa shape index (κ2) is 4.96. The zero-order valence-corrected chi connectivity index (χ0v) is 10.9. The van der Waals surface area contributed by atoms with Crippen LogP contribution in [0.1, 0.15) is 30.0 Å². The molecule has 17 heavy (non-hydrogen) atoms. The minimum Gasteiger partial charge on any atom is -0.496 e. The van der Waals surface area contributed by atoms with E-state index in [4.69, 9.17) is 15.2 Å². The van der Waals surface area contributed by atoms with Gasteiger partial charge in [-0.25, -0.2) is 0 Å². The van der Waals surface area contributed by atoms with Crippen molar-refractivity contribution in [1.29, 1.82) is 0 Å². The van der Waals surface area contributed by atoms with E-state index in [9.17, 15) is 0 Å². The molecule has 1 aliphatic rings. The lowest BCUT2D eigenvalue weighted by Crippen LogP contribution is -2.18. The van der Waals surface area contributed by atoms with Crippen LogP contribution in [0.4, 0.5) is 0 Å². The van der Waals surface area contributed by atoms with Crippen molar-refractivity contribution >= 4 is 0 Å². The summed E-state index contributed by atoms with van der Waals surface area (Å²) in [6.07, 6.45) is 4.19. The Morgan fingerprint density at radius 3 is 2.53 bits per heavy atom. The third-order valence-electron chi connectivity index (χ3n) is 3.35. The summed E-state index contributed by atoms with van der Waals surface area (Å²) in [7, 11) is 3.47. The summed E-state index contributed by atoms with van der Waals surface area (Å²) in [5.74, 6) is 2.02. The van der Waals surface area contributed by atoms with Gasteiger partial charge < -0.3 is 15.2 Å². The Morgan fingerprint density at radius 1 is 1.24 bits per heavy atom. The second-order valence-corrected chi connectivity index (χ2v) is 4.76. The fourth-order valence-corrected chi connectivity index (χ4v) is 2.71. The van der Waals surface area contributed by atoms with Gasteiger partial charge in [-0.2, -0.15) is 0 Å². The number of fused-ring (bicyclic) bond motifs is 1. The molecule has 3 heteroatoms. The molecular weight excluding hydrogens is 214 g/mol. The van der Waals surface area contributed by atoms with Gasteiger partial charge in [0.1, 0.15) is 11.5 Å². The molecule has 1 aromatic carbocycles.